The van der Waals surface area contributed by atoms with Crippen molar-refractivity contribution in [2.24, 2.45) is 5.41 Å². The summed E-state index contributed by atoms with van der Waals surface area (Å²) in [5.74, 6) is -0.179. The molecule has 0 aliphatic carbocycles. The number of rotatable bonds is 3. The van der Waals surface area contributed by atoms with E-state index in [9.17, 15) is 9.59 Å². The van der Waals surface area contributed by atoms with Crippen molar-refractivity contribution >= 4 is 23.4 Å². The summed E-state index contributed by atoms with van der Waals surface area (Å²) in [4.78, 5) is 22.9. The fourth-order valence-corrected chi connectivity index (χ4v) is 1.16. The number of carbonyl (C=O) groups excluding carboxylic acids is 2. The van der Waals surface area contributed by atoms with Gasteiger partial charge in [-0.25, -0.2) is 0 Å². The van der Waals surface area contributed by atoms with Crippen LogP contribution in [0, 0.1) is 5.41 Å². The van der Waals surface area contributed by atoms with E-state index in [0.29, 0.717) is 10.8 Å². The van der Waals surface area contributed by atoms with Gasteiger partial charge in [0.25, 0.3) is 5.91 Å². The van der Waals surface area contributed by atoms with Crippen molar-refractivity contribution in [3.8, 4) is 5.75 Å². The predicted molar refractivity (Wildman–Crippen MR) is 72.7 cm³/mol. The first kappa shape index (κ1) is 15.3. The zero-order valence-electron chi connectivity index (χ0n) is 11.1. The van der Waals surface area contributed by atoms with E-state index in [1.54, 1.807) is 45.0 Å². The smallest absolute Gasteiger partial charge is 0.276 e. The van der Waals surface area contributed by atoms with Crippen molar-refractivity contribution in [2.45, 2.75) is 20.8 Å². The summed E-state index contributed by atoms with van der Waals surface area (Å²) in [6.45, 7) is 5.06. The van der Waals surface area contributed by atoms with Crippen LogP contribution in [0.1, 0.15) is 20.8 Å². The molecule has 19 heavy (non-hydrogen) atoms. The Labute approximate surface area is 117 Å². The molecule has 0 radical (unpaired) electrons. The standard InChI is InChI=1S/C13H17ClN2O3/c1-13(2,3)12(18)16-15-11(17)8-19-10-6-4-9(14)5-7-10/h4-7H,8H2,1-3H3,(H,15,17)(H,16,18). The number of hydrogen-bond acceptors (Lipinski definition) is 3. The lowest BCUT2D eigenvalue weighted by atomic mass is 9.96. The Kier molecular flexibility index (Phi) is 5.18. The zero-order chi connectivity index (χ0) is 14.5. The predicted octanol–water partition coefficient (Wildman–Crippen LogP) is 1.91. The van der Waals surface area contributed by atoms with E-state index in [1.807, 2.05) is 0 Å². The Morgan fingerprint density at radius 3 is 2.26 bits per heavy atom. The van der Waals surface area contributed by atoms with Crippen LogP contribution in [0.25, 0.3) is 0 Å². The van der Waals surface area contributed by atoms with E-state index in [-0.39, 0.29) is 12.5 Å². The molecule has 0 fully saturated rings. The highest BCUT2D eigenvalue weighted by molar-refractivity contribution is 6.30. The molecule has 2 amide bonds. The number of amides is 2. The van der Waals surface area contributed by atoms with E-state index in [0.717, 1.165) is 0 Å². The highest BCUT2D eigenvalue weighted by Crippen LogP contribution is 2.15. The lowest BCUT2D eigenvalue weighted by molar-refractivity contribution is -0.134. The van der Waals surface area contributed by atoms with Crippen molar-refractivity contribution in [1.29, 1.82) is 0 Å². The molecule has 0 bridgehead atoms. The molecule has 6 heteroatoms. The van der Waals surface area contributed by atoms with E-state index >= 15 is 0 Å². The summed E-state index contributed by atoms with van der Waals surface area (Å²) in [6, 6.07) is 6.64. The van der Waals surface area contributed by atoms with Crippen LogP contribution in [-0.2, 0) is 9.59 Å². The maximum atomic E-state index is 11.5. The van der Waals surface area contributed by atoms with E-state index in [2.05, 4.69) is 10.9 Å². The Balaban J connectivity index is 2.32. The Bertz CT molecular complexity index is 452. The molecular weight excluding hydrogens is 268 g/mol. The first-order chi connectivity index (χ1) is 8.79. The molecule has 2 N–H and O–H groups in total. The summed E-state index contributed by atoms with van der Waals surface area (Å²) in [6.07, 6.45) is 0. The first-order valence-electron chi connectivity index (χ1n) is 5.76. The number of nitrogens with one attached hydrogen (secondary N) is 2. The SMILES string of the molecule is CC(C)(C)C(=O)NNC(=O)COc1ccc(Cl)cc1. The molecule has 0 aliphatic heterocycles. The van der Waals surface area contributed by atoms with Gasteiger partial charge in [0.1, 0.15) is 5.75 Å². The Morgan fingerprint density at radius 2 is 1.74 bits per heavy atom. The van der Waals surface area contributed by atoms with Gasteiger partial charge < -0.3 is 4.74 Å². The highest BCUT2D eigenvalue weighted by Gasteiger charge is 2.21. The second kappa shape index (κ2) is 6.43. The van der Waals surface area contributed by atoms with E-state index in [1.165, 1.54) is 0 Å². The molecule has 0 saturated heterocycles. The maximum Gasteiger partial charge on any atom is 0.276 e. The quantitative estimate of drug-likeness (QED) is 0.833. The molecule has 0 saturated carbocycles. The molecular formula is C13H17ClN2O3. The van der Waals surface area contributed by atoms with Gasteiger partial charge in [-0.2, -0.15) is 0 Å². The first-order valence-corrected chi connectivity index (χ1v) is 6.14. The second-order valence-electron chi connectivity index (χ2n) is 4.99. The Hall–Kier alpha value is -1.75. The van der Waals surface area contributed by atoms with Gasteiger partial charge in [0.15, 0.2) is 6.61 Å². The van der Waals surface area contributed by atoms with Gasteiger partial charge in [-0.05, 0) is 24.3 Å². The van der Waals surface area contributed by atoms with Crippen molar-refractivity contribution in [3.05, 3.63) is 29.3 Å². The summed E-state index contributed by atoms with van der Waals surface area (Å²) in [7, 11) is 0. The van der Waals surface area contributed by atoms with Crippen molar-refractivity contribution in [2.75, 3.05) is 6.61 Å². The largest absolute Gasteiger partial charge is 0.484 e. The van der Waals surface area contributed by atoms with Crippen LogP contribution in [0.2, 0.25) is 5.02 Å². The molecule has 0 aliphatic rings. The molecule has 0 spiro atoms. The number of benzene rings is 1. The normalized spacial score (nSPS) is 10.7. The molecule has 0 aromatic heterocycles. The number of hydrazine groups is 1. The van der Waals surface area contributed by atoms with Crippen LogP contribution in [0.3, 0.4) is 0 Å². The van der Waals surface area contributed by atoms with Crippen LogP contribution in [0.15, 0.2) is 24.3 Å². The summed E-state index contributed by atoms with van der Waals surface area (Å²) >= 11 is 5.72. The molecule has 1 aromatic rings. The molecule has 0 heterocycles. The molecule has 0 atom stereocenters. The van der Waals surface area contributed by atoms with Gasteiger partial charge >= 0.3 is 0 Å². The van der Waals surface area contributed by atoms with Gasteiger partial charge in [-0.3, -0.25) is 20.4 Å². The summed E-state index contributed by atoms with van der Waals surface area (Å²) < 4.78 is 5.22. The minimum atomic E-state index is -0.565. The van der Waals surface area contributed by atoms with Crippen LogP contribution in [0.5, 0.6) is 5.75 Å². The molecule has 1 aromatic carbocycles. The van der Waals surface area contributed by atoms with Crippen molar-refractivity contribution in [1.82, 2.24) is 10.9 Å². The molecule has 0 unspecified atom stereocenters. The number of ether oxygens (including phenoxy) is 1. The molecule has 5 nitrogen and oxygen atoms in total. The van der Waals surface area contributed by atoms with Crippen LogP contribution < -0.4 is 15.6 Å². The third kappa shape index (κ3) is 5.61. The monoisotopic (exact) mass is 284 g/mol. The van der Waals surface area contributed by atoms with Crippen LogP contribution in [0.4, 0.5) is 0 Å². The van der Waals surface area contributed by atoms with Gasteiger partial charge in [-0.1, -0.05) is 32.4 Å². The lowest BCUT2D eigenvalue weighted by Gasteiger charge is -2.17. The lowest BCUT2D eigenvalue weighted by Crippen LogP contribution is -2.48. The van der Waals surface area contributed by atoms with E-state index in [4.69, 9.17) is 16.3 Å². The minimum Gasteiger partial charge on any atom is -0.484 e. The summed E-state index contributed by atoms with van der Waals surface area (Å²) in [5.41, 5.74) is 4.04. The second-order valence-corrected chi connectivity index (χ2v) is 5.43. The number of halogens is 1. The maximum absolute atomic E-state index is 11.5. The highest BCUT2D eigenvalue weighted by atomic mass is 35.5. The average molecular weight is 285 g/mol. The van der Waals surface area contributed by atoms with Crippen molar-refractivity contribution < 1.29 is 14.3 Å². The topological polar surface area (TPSA) is 67.4 Å². The molecule has 104 valence electrons. The third-order valence-electron chi connectivity index (χ3n) is 2.18. The number of carbonyl (C=O) groups is 2. The van der Waals surface area contributed by atoms with Gasteiger partial charge in [0, 0.05) is 10.4 Å². The van der Waals surface area contributed by atoms with Crippen molar-refractivity contribution in [3.63, 3.8) is 0 Å². The van der Waals surface area contributed by atoms with E-state index < -0.39 is 11.3 Å². The zero-order valence-corrected chi connectivity index (χ0v) is 11.9. The van der Waals surface area contributed by atoms with Crippen LogP contribution >= 0.6 is 11.6 Å². The fraction of sp³-hybridized carbons (Fsp3) is 0.385. The number of hydrogen-bond donors (Lipinski definition) is 2. The summed E-state index contributed by atoms with van der Waals surface area (Å²) in [5, 5.41) is 0.592. The van der Waals surface area contributed by atoms with Gasteiger partial charge in [-0.15, -0.1) is 0 Å². The fourth-order valence-electron chi connectivity index (χ4n) is 1.03. The minimum absolute atomic E-state index is 0.188. The van der Waals surface area contributed by atoms with Crippen LogP contribution in [-0.4, -0.2) is 18.4 Å². The van der Waals surface area contributed by atoms with Gasteiger partial charge in [0.2, 0.25) is 5.91 Å². The van der Waals surface area contributed by atoms with Gasteiger partial charge in [0.05, 0.1) is 0 Å². The third-order valence-corrected chi connectivity index (χ3v) is 2.43. The molecule has 1 rings (SSSR count). The Morgan fingerprint density at radius 1 is 1.16 bits per heavy atom. The average Bonchev–Trinajstić information content (AvgIpc) is 2.34.